The molecular weight excluding hydrogens is 406 g/mol. The average molecular weight is 434 g/mol. The summed E-state index contributed by atoms with van der Waals surface area (Å²) in [6, 6.07) is 4.11. The number of carbonyl (C=O) groups is 1. The molecule has 0 radical (unpaired) electrons. The van der Waals surface area contributed by atoms with E-state index in [1.807, 2.05) is 0 Å². The molecule has 1 unspecified atom stereocenters. The van der Waals surface area contributed by atoms with Crippen LogP contribution in [0.4, 0.5) is 5.69 Å². The number of nitrogens with one attached hydrogen (secondary N) is 1. The van der Waals surface area contributed by atoms with Gasteiger partial charge in [-0.15, -0.1) is 0 Å². The highest BCUT2D eigenvalue weighted by Crippen LogP contribution is 2.28. The summed E-state index contributed by atoms with van der Waals surface area (Å²) >= 11 is 0. The molecule has 0 saturated carbocycles. The Hall–Kier alpha value is -1.85. The summed E-state index contributed by atoms with van der Waals surface area (Å²) in [7, 11) is -6.83. The van der Waals surface area contributed by atoms with Gasteiger partial charge in [0.15, 0.2) is 0 Å². The van der Waals surface area contributed by atoms with E-state index in [9.17, 15) is 21.6 Å². The van der Waals surface area contributed by atoms with Crippen molar-refractivity contribution in [2.45, 2.75) is 25.8 Å². The van der Waals surface area contributed by atoms with Gasteiger partial charge in [-0.1, -0.05) is 6.92 Å². The van der Waals surface area contributed by atoms with E-state index in [-0.39, 0.29) is 23.0 Å². The van der Waals surface area contributed by atoms with Crippen LogP contribution >= 0.6 is 0 Å². The van der Waals surface area contributed by atoms with Gasteiger partial charge < -0.3 is 10.1 Å². The lowest BCUT2D eigenvalue weighted by Gasteiger charge is -2.23. The zero-order chi connectivity index (χ0) is 21.1. The van der Waals surface area contributed by atoms with Crippen LogP contribution in [0.3, 0.4) is 0 Å². The second-order valence-corrected chi connectivity index (χ2v) is 10.6. The van der Waals surface area contributed by atoms with Crippen molar-refractivity contribution in [3.05, 3.63) is 23.8 Å². The summed E-state index contributed by atoms with van der Waals surface area (Å²) in [5.41, 5.74) is -0.0784. The van der Waals surface area contributed by atoms with Gasteiger partial charge in [0.05, 0.1) is 30.9 Å². The van der Waals surface area contributed by atoms with Gasteiger partial charge in [-0.3, -0.25) is 9.69 Å². The van der Waals surface area contributed by atoms with Crippen LogP contribution in [0.25, 0.3) is 0 Å². The van der Waals surface area contributed by atoms with Crippen molar-refractivity contribution in [1.82, 2.24) is 10.2 Å². The number of methoxy groups -OCH3 is 1. The van der Waals surface area contributed by atoms with Gasteiger partial charge >= 0.3 is 0 Å². The highest BCUT2D eigenvalue weighted by Gasteiger charge is 2.29. The Morgan fingerprint density at radius 3 is 2.43 bits per heavy atom. The molecule has 1 atom stereocenters. The molecule has 0 spiro atoms. The molecule has 11 heteroatoms. The fourth-order valence-electron chi connectivity index (χ4n) is 3.46. The number of nitrogens with zero attached hydrogens (tertiary/aromatic N) is 2. The smallest absolute Gasteiger partial charge is 0.255 e. The van der Waals surface area contributed by atoms with E-state index >= 15 is 0 Å². The summed E-state index contributed by atoms with van der Waals surface area (Å²) in [5.74, 6) is -0.231. The zero-order valence-electron chi connectivity index (χ0n) is 16.5. The van der Waals surface area contributed by atoms with Crippen LogP contribution in [0.1, 0.15) is 30.1 Å². The quantitative estimate of drug-likeness (QED) is 0.640. The van der Waals surface area contributed by atoms with Gasteiger partial charge in [0.1, 0.15) is 5.75 Å². The average Bonchev–Trinajstić information content (AvgIpc) is 3.04. The molecule has 0 aliphatic carbocycles. The molecule has 1 aromatic rings. The predicted molar refractivity (Wildman–Crippen MR) is 108 cm³/mol. The highest BCUT2D eigenvalue weighted by atomic mass is 32.3. The number of hydrogen-bond donors (Lipinski definition) is 1. The van der Waals surface area contributed by atoms with Crippen molar-refractivity contribution in [2.24, 2.45) is 0 Å². The SMILES string of the molecule is CCN1CCCC1CNC(=O)c1cc(N(S(C)(=O)=O)S(C)(=O)=O)ccc1OC. The minimum atomic E-state index is -4.11. The van der Waals surface area contributed by atoms with E-state index in [0.29, 0.717) is 10.3 Å². The number of ether oxygens (including phenoxy) is 1. The molecule has 1 aliphatic rings. The van der Waals surface area contributed by atoms with Crippen molar-refractivity contribution in [2.75, 3.05) is 43.0 Å². The van der Waals surface area contributed by atoms with Crippen LogP contribution in [-0.2, 0) is 20.0 Å². The number of carbonyl (C=O) groups excluding carboxylic acids is 1. The standard InChI is InChI=1S/C17H27N3O6S2/c1-5-19-10-6-7-14(19)12-18-17(21)15-11-13(8-9-16(15)26-2)20(27(3,22)23)28(4,24)25/h8-9,11,14H,5-7,10,12H2,1-4H3,(H,18,21). The molecule has 0 bridgehead atoms. The second kappa shape index (κ2) is 8.66. The Balaban J connectivity index is 2.33. The maximum atomic E-state index is 12.7. The Kier molecular flexibility index (Phi) is 6.94. The zero-order valence-corrected chi connectivity index (χ0v) is 18.1. The third-order valence-electron chi connectivity index (χ3n) is 4.64. The molecule has 1 aliphatic heterocycles. The first-order chi connectivity index (χ1) is 13.0. The molecule has 1 heterocycles. The lowest BCUT2D eigenvalue weighted by molar-refractivity contribution is 0.0938. The first-order valence-corrected chi connectivity index (χ1v) is 12.6. The summed E-state index contributed by atoms with van der Waals surface area (Å²) in [6.07, 6.45) is 3.64. The highest BCUT2D eigenvalue weighted by molar-refractivity contribution is 8.09. The summed E-state index contributed by atoms with van der Waals surface area (Å²) in [4.78, 5) is 15.0. The molecule has 2 rings (SSSR count). The Morgan fingerprint density at radius 2 is 1.89 bits per heavy atom. The predicted octanol–water partition coefficient (Wildman–Crippen LogP) is 0.635. The minimum Gasteiger partial charge on any atom is -0.496 e. The number of hydrogen-bond acceptors (Lipinski definition) is 7. The number of rotatable bonds is 8. The van der Waals surface area contributed by atoms with E-state index in [1.54, 1.807) is 0 Å². The molecular formula is C17H27N3O6S2. The number of benzene rings is 1. The van der Waals surface area contributed by atoms with Gasteiger partial charge in [-0.2, -0.15) is 3.71 Å². The van der Waals surface area contributed by atoms with Crippen molar-refractivity contribution in [3.8, 4) is 5.75 Å². The van der Waals surface area contributed by atoms with Gasteiger partial charge in [0.25, 0.3) is 5.91 Å². The van der Waals surface area contributed by atoms with E-state index < -0.39 is 26.0 Å². The lowest BCUT2D eigenvalue weighted by Crippen LogP contribution is -2.40. The van der Waals surface area contributed by atoms with Crippen molar-refractivity contribution < 1.29 is 26.4 Å². The van der Waals surface area contributed by atoms with Gasteiger partial charge in [0, 0.05) is 12.6 Å². The minimum absolute atomic E-state index is 0.0679. The molecule has 158 valence electrons. The van der Waals surface area contributed by atoms with Crippen LogP contribution in [0.15, 0.2) is 18.2 Å². The largest absolute Gasteiger partial charge is 0.496 e. The van der Waals surface area contributed by atoms with E-state index in [4.69, 9.17) is 4.74 Å². The molecule has 0 aromatic heterocycles. The van der Waals surface area contributed by atoms with Gasteiger partial charge in [-0.25, -0.2) is 16.8 Å². The van der Waals surface area contributed by atoms with E-state index in [2.05, 4.69) is 17.1 Å². The summed E-state index contributed by atoms with van der Waals surface area (Å²) in [5, 5.41) is 2.85. The van der Waals surface area contributed by atoms with Gasteiger partial charge in [-0.05, 0) is 44.1 Å². The molecule has 1 fully saturated rings. The maximum Gasteiger partial charge on any atom is 0.255 e. The van der Waals surface area contributed by atoms with Crippen molar-refractivity contribution >= 4 is 31.6 Å². The first kappa shape index (κ1) is 22.4. The molecule has 1 saturated heterocycles. The number of likely N-dealkylation sites (N-methyl/N-ethyl adjacent to an activating group) is 1. The number of amides is 1. The molecule has 9 nitrogen and oxygen atoms in total. The number of likely N-dealkylation sites (tertiary alicyclic amines) is 1. The van der Waals surface area contributed by atoms with Crippen LogP contribution < -0.4 is 13.8 Å². The molecule has 1 aromatic carbocycles. The monoisotopic (exact) mass is 433 g/mol. The fraction of sp³-hybridized carbons (Fsp3) is 0.588. The summed E-state index contributed by atoms with van der Waals surface area (Å²) < 4.78 is 53.5. The van der Waals surface area contributed by atoms with E-state index in [1.165, 1.54) is 25.3 Å². The third-order valence-corrected chi connectivity index (χ3v) is 7.90. The van der Waals surface area contributed by atoms with Crippen LogP contribution in [0.5, 0.6) is 5.75 Å². The topological polar surface area (TPSA) is 113 Å². The van der Waals surface area contributed by atoms with Crippen molar-refractivity contribution in [1.29, 1.82) is 0 Å². The molecule has 28 heavy (non-hydrogen) atoms. The summed E-state index contributed by atoms with van der Waals surface area (Å²) in [6.45, 7) is 4.41. The Labute approximate surface area is 166 Å². The Morgan fingerprint density at radius 1 is 1.25 bits per heavy atom. The number of anilines is 1. The van der Waals surface area contributed by atoms with Crippen LogP contribution in [0.2, 0.25) is 0 Å². The van der Waals surface area contributed by atoms with Crippen LogP contribution in [-0.4, -0.2) is 72.9 Å². The second-order valence-electron chi connectivity index (χ2n) is 6.74. The van der Waals surface area contributed by atoms with E-state index in [0.717, 1.165) is 38.4 Å². The number of sulfonamides is 2. The molecule has 1 amide bonds. The molecule has 1 N–H and O–H groups in total. The van der Waals surface area contributed by atoms with Crippen molar-refractivity contribution in [3.63, 3.8) is 0 Å². The lowest BCUT2D eigenvalue weighted by atomic mass is 10.1. The Bertz CT molecular complexity index is 898. The third kappa shape index (κ3) is 5.15. The fourth-order valence-corrected chi connectivity index (χ4v) is 6.42. The first-order valence-electron chi connectivity index (χ1n) is 8.89. The normalized spacial score (nSPS) is 18.1. The maximum absolute atomic E-state index is 12.7. The van der Waals surface area contributed by atoms with Gasteiger partial charge in [0.2, 0.25) is 20.0 Å². The van der Waals surface area contributed by atoms with Crippen LogP contribution in [0, 0.1) is 0 Å².